The Kier molecular flexibility index (Phi) is 3.66. The van der Waals surface area contributed by atoms with Crippen LogP contribution in [0.15, 0.2) is 45.3 Å². The minimum absolute atomic E-state index is 0.310. The number of fused-ring (bicyclic) bond motifs is 1. The van der Waals surface area contributed by atoms with E-state index in [1.807, 2.05) is 36.4 Å². The van der Waals surface area contributed by atoms with Crippen molar-refractivity contribution in [2.75, 3.05) is 12.1 Å². The summed E-state index contributed by atoms with van der Waals surface area (Å²) in [6.45, 7) is 1.04. The van der Waals surface area contributed by atoms with Crippen LogP contribution in [0.25, 0.3) is 0 Å². The third-order valence-electron chi connectivity index (χ3n) is 2.85. The van der Waals surface area contributed by atoms with E-state index in [2.05, 4.69) is 37.2 Å². The fourth-order valence-corrected chi connectivity index (χ4v) is 3.07. The molecule has 1 N–H and O–H groups in total. The second kappa shape index (κ2) is 5.43. The van der Waals surface area contributed by atoms with Crippen molar-refractivity contribution in [2.45, 2.75) is 6.54 Å². The fourth-order valence-electron chi connectivity index (χ4n) is 1.88. The Morgan fingerprint density at radius 3 is 2.68 bits per heavy atom. The van der Waals surface area contributed by atoms with Gasteiger partial charge < -0.3 is 14.8 Å². The third kappa shape index (κ3) is 2.87. The van der Waals surface area contributed by atoms with E-state index in [0.29, 0.717) is 6.79 Å². The summed E-state index contributed by atoms with van der Waals surface area (Å²) in [7, 11) is 0. The number of rotatable bonds is 3. The smallest absolute Gasteiger partial charge is 0.231 e. The van der Waals surface area contributed by atoms with E-state index >= 15 is 0 Å². The first-order valence-electron chi connectivity index (χ1n) is 5.80. The van der Waals surface area contributed by atoms with Crippen molar-refractivity contribution < 1.29 is 9.47 Å². The fraction of sp³-hybridized carbons (Fsp3) is 0.143. The highest BCUT2D eigenvalue weighted by molar-refractivity contribution is 9.11. The molecule has 98 valence electrons. The molecule has 0 amide bonds. The van der Waals surface area contributed by atoms with Gasteiger partial charge in [-0.1, -0.05) is 22.0 Å². The van der Waals surface area contributed by atoms with Gasteiger partial charge in [0.05, 0.1) is 0 Å². The van der Waals surface area contributed by atoms with Crippen LogP contribution in [0, 0.1) is 0 Å². The van der Waals surface area contributed by atoms with Gasteiger partial charge in [-0.2, -0.15) is 0 Å². The van der Waals surface area contributed by atoms with E-state index in [9.17, 15) is 0 Å². The molecule has 0 fully saturated rings. The van der Waals surface area contributed by atoms with Crippen LogP contribution < -0.4 is 14.8 Å². The van der Waals surface area contributed by atoms with E-state index in [-0.39, 0.29) is 0 Å². The summed E-state index contributed by atoms with van der Waals surface area (Å²) in [5, 5.41) is 3.38. The highest BCUT2D eigenvalue weighted by Gasteiger charge is 2.13. The maximum Gasteiger partial charge on any atom is 0.231 e. The van der Waals surface area contributed by atoms with Crippen molar-refractivity contribution in [3.63, 3.8) is 0 Å². The maximum absolute atomic E-state index is 5.37. The van der Waals surface area contributed by atoms with E-state index in [1.54, 1.807) is 0 Å². The maximum atomic E-state index is 5.37. The molecule has 1 aliphatic rings. The van der Waals surface area contributed by atoms with Crippen LogP contribution in [0.4, 0.5) is 5.69 Å². The lowest BCUT2D eigenvalue weighted by molar-refractivity contribution is 0.174. The summed E-state index contributed by atoms with van der Waals surface area (Å²) in [4.78, 5) is 0. The van der Waals surface area contributed by atoms with E-state index < -0.39 is 0 Å². The van der Waals surface area contributed by atoms with Gasteiger partial charge in [0.15, 0.2) is 11.5 Å². The predicted molar refractivity (Wildman–Crippen MR) is 81.7 cm³/mol. The van der Waals surface area contributed by atoms with E-state index in [0.717, 1.165) is 38.2 Å². The van der Waals surface area contributed by atoms with Crippen LogP contribution in [0.5, 0.6) is 11.5 Å². The zero-order chi connectivity index (χ0) is 13.2. The normalized spacial score (nSPS) is 12.5. The Balaban J connectivity index is 1.72. The molecular formula is C14H11Br2NO2. The summed E-state index contributed by atoms with van der Waals surface area (Å²) in [6.07, 6.45) is 0. The molecule has 1 heterocycles. The second-order valence-corrected chi connectivity index (χ2v) is 5.94. The molecule has 0 bridgehead atoms. The van der Waals surface area contributed by atoms with Gasteiger partial charge in [0, 0.05) is 21.2 Å². The van der Waals surface area contributed by atoms with Crippen LogP contribution in [0.3, 0.4) is 0 Å². The number of hydrogen-bond acceptors (Lipinski definition) is 3. The summed E-state index contributed by atoms with van der Waals surface area (Å²) < 4.78 is 12.7. The average Bonchev–Trinajstić information content (AvgIpc) is 2.85. The van der Waals surface area contributed by atoms with Crippen LogP contribution in [0.1, 0.15) is 5.56 Å². The molecule has 19 heavy (non-hydrogen) atoms. The van der Waals surface area contributed by atoms with Gasteiger partial charge in [-0.3, -0.25) is 0 Å². The summed E-state index contributed by atoms with van der Waals surface area (Å²) >= 11 is 6.97. The molecule has 0 saturated heterocycles. The van der Waals surface area contributed by atoms with Gasteiger partial charge in [0.25, 0.3) is 0 Å². The lowest BCUT2D eigenvalue weighted by atomic mass is 10.2. The van der Waals surface area contributed by atoms with Crippen molar-refractivity contribution in [1.29, 1.82) is 0 Å². The first-order chi connectivity index (χ1) is 9.22. The van der Waals surface area contributed by atoms with Crippen LogP contribution >= 0.6 is 31.9 Å². The Labute approximate surface area is 128 Å². The molecule has 3 rings (SSSR count). The van der Waals surface area contributed by atoms with E-state index in [1.165, 1.54) is 0 Å². The molecule has 0 aromatic heterocycles. The Hall–Kier alpha value is -1.20. The van der Waals surface area contributed by atoms with Crippen molar-refractivity contribution in [1.82, 2.24) is 0 Å². The molecule has 2 aromatic carbocycles. The molecular weight excluding hydrogens is 374 g/mol. The van der Waals surface area contributed by atoms with Gasteiger partial charge in [-0.15, -0.1) is 0 Å². The molecule has 0 unspecified atom stereocenters. The van der Waals surface area contributed by atoms with Gasteiger partial charge in [0.1, 0.15) is 0 Å². The highest BCUT2D eigenvalue weighted by atomic mass is 79.9. The summed E-state index contributed by atoms with van der Waals surface area (Å²) in [6, 6.07) is 12.0. The van der Waals surface area contributed by atoms with Crippen molar-refractivity contribution in [3.05, 3.63) is 50.9 Å². The minimum atomic E-state index is 0.310. The summed E-state index contributed by atoms with van der Waals surface area (Å²) in [5.74, 6) is 1.63. The Morgan fingerprint density at radius 2 is 1.84 bits per heavy atom. The Bertz CT molecular complexity index is 616. The van der Waals surface area contributed by atoms with Crippen molar-refractivity contribution in [3.8, 4) is 11.5 Å². The average molecular weight is 385 g/mol. The zero-order valence-electron chi connectivity index (χ0n) is 9.95. The lowest BCUT2D eigenvalue weighted by Gasteiger charge is -2.09. The highest BCUT2D eigenvalue weighted by Crippen LogP contribution is 2.33. The molecule has 0 atom stereocenters. The molecule has 3 nitrogen and oxygen atoms in total. The predicted octanol–water partition coefficient (Wildman–Crippen LogP) is 4.55. The summed E-state index contributed by atoms with van der Waals surface area (Å²) in [5.41, 5.74) is 2.21. The molecule has 2 aromatic rings. The van der Waals surface area contributed by atoms with Gasteiger partial charge >= 0.3 is 0 Å². The minimum Gasteiger partial charge on any atom is -0.454 e. The standard InChI is InChI=1S/C14H11Br2NO2/c15-10-2-3-12(11(16)6-10)17-7-9-1-4-13-14(5-9)19-8-18-13/h1-6,17H,7-8H2. The monoisotopic (exact) mass is 383 g/mol. The number of anilines is 1. The molecule has 1 aliphatic heterocycles. The van der Waals surface area contributed by atoms with Gasteiger partial charge in [-0.25, -0.2) is 0 Å². The lowest BCUT2D eigenvalue weighted by Crippen LogP contribution is -2.00. The van der Waals surface area contributed by atoms with Crippen LogP contribution in [-0.4, -0.2) is 6.79 Å². The van der Waals surface area contributed by atoms with E-state index in [4.69, 9.17) is 9.47 Å². The topological polar surface area (TPSA) is 30.5 Å². The number of hydrogen-bond donors (Lipinski definition) is 1. The van der Waals surface area contributed by atoms with Crippen molar-refractivity contribution >= 4 is 37.5 Å². The second-order valence-electron chi connectivity index (χ2n) is 4.17. The van der Waals surface area contributed by atoms with Crippen LogP contribution in [-0.2, 0) is 6.54 Å². The van der Waals surface area contributed by atoms with Gasteiger partial charge in [-0.05, 0) is 51.8 Å². The zero-order valence-corrected chi connectivity index (χ0v) is 13.1. The molecule has 0 saturated carbocycles. The molecule has 0 radical (unpaired) electrons. The van der Waals surface area contributed by atoms with Crippen LogP contribution in [0.2, 0.25) is 0 Å². The molecule has 0 aliphatic carbocycles. The quantitative estimate of drug-likeness (QED) is 0.841. The van der Waals surface area contributed by atoms with Crippen molar-refractivity contribution in [2.24, 2.45) is 0 Å². The SMILES string of the molecule is Brc1ccc(NCc2ccc3c(c2)OCO3)c(Br)c1. The largest absolute Gasteiger partial charge is 0.454 e. The number of halogens is 2. The number of nitrogens with one attached hydrogen (secondary N) is 1. The first kappa shape index (κ1) is 12.8. The molecule has 5 heteroatoms. The molecule has 0 spiro atoms. The number of benzene rings is 2. The Morgan fingerprint density at radius 1 is 1.00 bits per heavy atom. The third-order valence-corrected chi connectivity index (χ3v) is 4.00. The first-order valence-corrected chi connectivity index (χ1v) is 7.38. The van der Waals surface area contributed by atoms with Gasteiger partial charge in [0.2, 0.25) is 6.79 Å². The number of ether oxygens (including phenoxy) is 2.